The second kappa shape index (κ2) is 6.72. The first kappa shape index (κ1) is 17.0. The minimum atomic E-state index is -0.593. The van der Waals surface area contributed by atoms with Gasteiger partial charge in [0.2, 0.25) is 11.8 Å². The molecule has 3 amide bonds. The normalized spacial score (nSPS) is 28.3. The largest absolute Gasteiger partial charge is 0.488 e. The van der Waals surface area contributed by atoms with Gasteiger partial charge in [-0.15, -0.1) is 0 Å². The third-order valence-electron chi connectivity index (χ3n) is 5.48. The van der Waals surface area contributed by atoms with Gasteiger partial charge in [-0.3, -0.25) is 19.7 Å². The fourth-order valence-electron chi connectivity index (χ4n) is 4.10. The topological polar surface area (TPSA) is 84.9 Å². The van der Waals surface area contributed by atoms with Gasteiger partial charge in [-0.25, -0.2) is 0 Å². The Morgan fingerprint density at radius 3 is 2.69 bits per heavy atom. The van der Waals surface area contributed by atoms with Crippen LogP contribution in [0.15, 0.2) is 18.2 Å². The highest BCUT2D eigenvalue weighted by molar-refractivity contribution is 6.05. The zero-order chi connectivity index (χ0) is 18.3. The third-order valence-corrected chi connectivity index (χ3v) is 5.48. The van der Waals surface area contributed by atoms with Gasteiger partial charge >= 0.3 is 0 Å². The Labute approximate surface area is 151 Å². The van der Waals surface area contributed by atoms with Gasteiger partial charge < -0.3 is 14.4 Å². The molecule has 0 radical (unpaired) electrons. The third kappa shape index (κ3) is 2.96. The van der Waals surface area contributed by atoms with Crippen LogP contribution in [0.4, 0.5) is 0 Å². The number of amides is 3. The summed E-state index contributed by atoms with van der Waals surface area (Å²) < 4.78 is 11.5. The van der Waals surface area contributed by atoms with Crippen molar-refractivity contribution in [3.05, 3.63) is 29.3 Å². The van der Waals surface area contributed by atoms with Gasteiger partial charge in [0.15, 0.2) is 0 Å². The number of rotatable bonds is 4. The lowest BCUT2D eigenvalue weighted by molar-refractivity contribution is -0.136. The number of piperidine rings is 1. The fourth-order valence-corrected chi connectivity index (χ4v) is 4.10. The molecule has 1 aliphatic carbocycles. The number of nitrogens with zero attached hydrogens (tertiary/aromatic N) is 1. The number of ether oxygens (including phenoxy) is 2. The highest BCUT2D eigenvalue weighted by atomic mass is 16.5. The Morgan fingerprint density at radius 2 is 1.92 bits per heavy atom. The van der Waals surface area contributed by atoms with E-state index in [2.05, 4.69) is 5.32 Å². The number of imide groups is 1. The standard InChI is InChI=1S/C19H22N2O5/c1-25-15-3-2-4-16(15)26-12-5-6-13-11(9-12)10-21(19(13)24)14-7-8-17(22)20-18(14)23/h5-6,9,14-16H,2-4,7-8,10H2,1H3,(H,20,22,23)/t14?,15-,16+/m1/s1. The molecule has 3 atom stereocenters. The van der Waals surface area contributed by atoms with Crippen molar-refractivity contribution in [1.82, 2.24) is 10.2 Å². The van der Waals surface area contributed by atoms with E-state index in [1.807, 2.05) is 6.07 Å². The quantitative estimate of drug-likeness (QED) is 0.823. The highest BCUT2D eigenvalue weighted by Crippen LogP contribution is 2.32. The minimum Gasteiger partial charge on any atom is -0.488 e. The molecular formula is C19H22N2O5. The molecule has 1 saturated heterocycles. The van der Waals surface area contributed by atoms with Crippen molar-refractivity contribution < 1.29 is 23.9 Å². The first-order chi connectivity index (χ1) is 12.6. The molecule has 2 heterocycles. The van der Waals surface area contributed by atoms with Gasteiger partial charge in [0.05, 0.1) is 6.10 Å². The molecule has 26 heavy (non-hydrogen) atoms. The summed E-state index contributed by atoms with van der Waals surface area (Å²) in [5, 5.41) is 2.31. The number of methoxy groups -OCH3 is 1. The zero-order valence-corrected chi connectivity index (χ0v) is 14.7. The van der Waals surface area contributed by atoms with Crippen molar-refractivity contribution in [1.29, 1.82) is 0 Å². The first-order valence-corrected chi connectivity index (χ1v) is 9.04. The van der Waals surface area contributed by atoms with Crippen LogP contribution < -0.4 is 10.1 Å². The summed E-state index contributed by atoms with van der Waals surface area (Å²) in [6, 6.07) is 4.85. The van der Waals surface area contributed by atoms with E-state index in [9.17, 15) is 14.4 Å². The molecule has 7 heteroatoms. The summed E-state index contributed by atoms with van der Waals surface area (Å²) in [7, 11) is 1.70. The van der Waals surface area contributed by atoms with E-state index < -0.39 is 11.9 Å². The summed E-state index contributed by atoms with van der Waals surface area (Å²) in [5.41, 5.74) is 1.45. The van der Waals surface area contributed by atoms with Crippen LogP contribution in [-0.4, -0.2) is 48.0 Å². The van der Waals surface area contributed by atoms with Crippen molar-refractivity contribution in [2.75, 3.05) is 7.11 Å². The van der Waals surface area contributed by atoms with Gasteiger partial charge in [-0.05, 0) is 49.4 Å². The van der Waals surface area contributed by atoms with Crippen molar-refractivity contribution in [2.45, 2.75) is 56.9 Å². The van der Waals surface area contributed by atoms with Gasteiger partial charge in [0.25, 0.3) is 5.91 Å². The monoisotopic (exact) mass is 358 g/mol. The molecule has 7 nitrogen and oxygen atoms in total. The van der Waals surface area contributed by atoms with Crippen LogP contribution in [0, 0.1) is 0 Å². The average molecular weight is 358 g/mol. The molecule has 1 aromatic rings. The molecule has 2 fully saturated rings. The van der Waals surface area contributed by atoms with Gasteiger partial charge in [0.1, 0.15) is 17.9 Å². The van der Waals surface area contributed by atoms with E-state index in [1.165, 1.54) is 0 Å². The van der Waals surface area contributed by atoms with Crippen LogP contribution >= 0.6 is 0 Å². The summed E-state index contributed by atoms with van der Waals surface area (Å²) in [6.45, 7) is 0.357. The Kier molecular flexibility index (Phi) is 4.40. The maximum atomic E-state index is 12.7. The molecule has 3 aliphatic rings. The number of nitrogens with one attached hydrogen (secondary N) is 1. The fraction of sp³-hybridized carbons (Fsp3) is 0.526. The van der Waals surface area contributed by atoms with Gasteiger partial charge in [0, 0.05) is 25.6 Å². The summed E-state index contributed by atoms with van der Waals surface area (Å²) in [6.07, 6.45) is 3.78. The van der Waals surface area contributed by atoms with E-state index in [-0.39, 0.29) is 30.4 Å². The Bertz CT molecular complexity index is 762. The van der Waals surface area contributed by atoms with E-state index in [1.54, 1.807) is 24.1 Å². The van der Waals surface area contributed by atoms with Crippen LogP contribution in [0.3, 0.4) is 0 Å². The van der Waals surface area contributed by atoms with Crippen molar-refractivity contribution in [2.24, 2.45) is 0 Å². The van der Waals surface area contributed by atoms with Gasteiger partial charge in [-0.1, -0.05) is 0 Å². The van der Waals surface area contributed by atoms with Crippen molar-refractivity contribution >= 4 is 17.7 Å². The van der Waals surface area contributed by atoms with Crippen LogP contribution in [0.1, 0.15) is 48.0 Å². The van der Waals surface area contributed by atoms with E-state index in [0.29, 0.717) is 18.5 Å². The number of benzene rings is 1. The minimum absolute atomic E-state index is 0.0291. The number of carbonyl (C=O) groups excluding carboxylic acids is 3. The predicted octanol–water partition coefficient (Wildman–Crippen LogP) is 1.39. The Balaban J connectivity index is 1.50. The van der Waals surface area contributed by atoms with Crippen LogP contribution in [-0.2, 0) is 20.9 Å². The lowest BCUT2D eigenvalue weighted by Gasteiger charge is -2.29. The van der Waals surface area contributed by atoms with Crippen LogP contribution in [0.25, 0.3) is 0 Å². The Hall–Kier alpha value is -2.41. The van der Waals surface area contributed by atoms with Crippen molar-refractivity contribution in [3.8, 4) is 5.75 Å². The van der Waals surface area contributed by atoms with Gasteiger partial charge in [-0.2, -0.15) is 0 Å². The van der Waals surface area contributed by atoms with Crippen molar-refractivity contribution in [3.63, 3.8) is 0 Å². The molecule has 0 spiro atoms. The molecule has 0 bridgehead atoms. The summed E-state index contributed by atoms with van der Waals surface area (Å²) >= 11 is 0. The molecule has 1 aromatic carbocycles. The SMILES string of the molecule is CO[C@@H]1CCC[C@@H]1Oc1ccc2c(c1)CN(C1CCC(=O)NC1=O)C2=O. The molecule has 2 aliphatic heterocycles. The van der Waals surface area contributed by atoms with E-state index >= 15 is 0 Å². The second-order valence-electron chi connectivity index (χ2n) is 7.08. The van der Waals surface area contributed by atoms with Crippen LogP contribution in [0.5, 0.6) is 5.75 Å². The highest BCUT2D eigenvalue weighted by Gasteiger charge is 2.39. The summed E-state index contributed by atoms with van der Waals surface area (Å²) in [4.78, 5) is 37.6. The number of carbonyl (C=O) groups is 3. The maximum Gasteiger partial charge on any atom is 0.255 e. The molecule has 1 N–H and O–H groups in total. The molecule has 4 rings (SSSR count). The smallest absolute Gasteiger partial charge is 0.255 e. The first-order valence-electron chi connectivity index (χ1n) is 9.04. The number of fused-ring (bicyclic) bond motifs is 1. The molecule has 138 valence electrons. The lowest BCUT2D eigenvalue weighted by atomic mass is 10.0. The average Bonchev–Trinajstić information content (AvgIpc) is 3.19. The molecular weight excluding hydrogens is 336 g/mol. The molecule has 0 aromatic heterocycles. The van der Waals surface area contributed by atoms with Crippen LogP contribution in [0.2, 0.25) is 0 Å². The maximum absolute atomic E-state index is 12.7. The second-order valence-corrected chi connectivity index (χ2v) is 7.08. The predicted molar refractivity (Wildman–Crippen MR) is 91.6 cm³/mol. The summed E-state index contributed by atoms with van der Waals surface area (Å²) in [5.74, 6) is -0.129. The number of hydrogen-bond donors (Lipinski definition) is 1. The lowest BCUT2D eigenvalue weighted by Crippen LogP contribution is -2.52. The zero-order valence-electron chi connectivity index (χ0n) is 14.7. The Morgan fingerprint density at radius 1 is 1.12 bits per heavy atom. The van der Waals surface area contributed by atoms with E-state index in [4.69, 9.17) is 9.47 Å². The number of hydrogen-bond acceptors (Lipinski definition) is 5. The molecule has 1 saturated carbocycles. The van der Waals surface area contributed by atoms with E-state index in [0.717, 1.165) is 30.6 Å². The molecule has 1 unspecified atom stereocenters.